The van der Waals surface area contributed by atoms with Crippen LogP contribution in [0.25, 0.3) is 6.08 Å². The first-order valence-electron chi connectivity index (χ1n) is 13.8. The third-order valence-electron chi connectivity index (χ3n) is 7.25. The molecule has 0 bridgehead atoms. The first-order chi connectivity index (χ1) is 20.7. The molecule has 1 N–H and O–H groups in total. The van der Waals surface area contributed by atoms with Crippen molar-refractivity contribution in [3.63, 3.8) is 0 Å². The van der Waals surface area contributed by atoms with Gasteiger partial charge in [0.15, 0.2) is 4.80 Å². The Morgan fingerprint density at radius 3 is 2.42 bits per heavy atom. The largest absolute Gasteiger partial charge is 0.489 e. The van der Waals surface area contributed by atoms with E-state index >= 15 is 0 Å². The predicted molar refractivity (Wildman–Crippen MR) is 167 cm³/mol. The molecule has 4 aromatic rings. The average Bonchev–Trinajstić information content (AvgIpc) is 3.31. The number of rotatable bonds is 9. The molecular weight excluding hydrogens is 586 g/mol. The first kappa shape index (κ1) is 30.0. The molecule has 1 aliphatic rings. The molecule has 1 amide bonds. The maximum Gasteiger partial charge on any atom is 0.335 e. The summed E-state index contributed by atoms with van der Waals surface area (Å²) in [5, 5.41) is 9.76. The number of likely N-dealkylation sites (N-methyl/N-ethyl adjacent to an activating group) is 1. The molecule has 1 atom stereocenters. The van der Waals surface area contributed by atoms with Crippen LogP contribution in [0.4, 0.5) is 0 Å². The first-order valence-corrected chi connectivity index (χ1v) is 15.0. The van der Waals surface area contributed by atoms with Crippen molar-refractivity contribution in [3.8, 4) is 5.75 Å². The molecule has 0 radical (unpaired) electrons. The lowest BCUT2D eigenvalue weighted by atomic mass is 9.94. The second kappa shape index (κ2) is 12.8. The Bertz CT molecular complexity index is 1890. The summed E-state index contributed by atoms with van der Waals surface area (Å²) in [6, 6.07) is 20.5. The van der Waals surface area contributed by atoms with Gasteiger partial charge in [-0.1, -0.05) is 59.3 Å². The number of amides is 1. The van der Waals surface area contributed by atoms with E-state index in [-0.39, 0.29) is 23.6 Å². The van der Waals surface area contributed by atoms with Crippen molar-refractivity contribution >= 4 is 40.9 Å². The van der Waals surface area contributed by atoms with E-state index in [1.165, 1.54) is 17.4 Å². The van der Waals surface area contributed by atoms with Crippen LogP contribution in [0.15, 0.2) is 93.9 Å². The molecule has 220 valence electrons. The minimum atomic E-state index is -0.988. The monoisotopic (exact) mass is 615 g/mol. The molecule has 8 nitrogen and oxygen atoms in total. The number of nitrogens with zero attached hydrogens (tertiary/aromatic N) is 3. The molecule has 5 rings (SSSR count). The van der Waals surface area contributed by atoms with Crippen molar-refractivity contribution in [3.05, 3.63) is 131 Å². The van der Waals surface area contributed by atoms with Crippen molar-refractivity contribution in [2.45, 2.75) is 33.4 Å². The highest BCUT2D eigenvalue weighted by Gasteiger charge is 2.34. The topological polar surface area (TPSA) is 101 Å². The van der Waals surface area contributed by atoms with Crippen LogP contribution in [0.2, 0.25) is 5.02 Å². The summed E-state index contributed by atoms with van der Waals surface area (Å²) >= 11 is 7.45. The smallest absolute Gasteiger partial charge is 0.335 e. The zero-order valence-electron chi connectivity index (χ0n) is 23.9. The van der Waals surface area contributed by atoms with E-state index in [9.17, 15) is 19.5 Å². The van der Waals surface area contributed by atoms with Gasteiger partial charge in [0, 0.05) is 18.1 Å². The third kappa shape index (κ3) is 6.33. The molecule has 0 saturated carbocycles. The van der Waals surface area contributed by atoms with E-state index < -0.39 is 12.0 Å². The number of carbonyl (C=O) groups excluding carboxylic acids is 1. The second-order valence-electron chi connectivity index (χ2n) is 9.97. The quantitative estimate of drug-likeness (QED) is 0.285. The highest BCUT2D eigenvalue weighted by molar-refractivity contribution is 7.07. The van der Waals surface area contributed by atoms with Gasteiger partial charge in [0.05, 0.1) is 27.4 Å². The van der Waals surface area contributed by atoms with Crippen LogP contribution in [0.3, 0.4) is 0 Å². The molecule has 1 aromatic heterocycles. The lowest BCUT2D eigenvalue weighted by molar-refractivity contribution is -0.127. The molecule has 0 unspecified atom stereocenters. The van der Waals surface area contributed by atoms with Gasteiger partial charge in [0.1, 0.15) is 12.4 Å². The summed E-state index contributed by atoms with van der Waals surface area (Å²) in [5.41, 5.74) is 3.34. The molecule has 1 aliphatic heterocycles. The zero-order chi connectivity index (χ0) is 30.7. The molecule has 0 fully saturated rings. The van der Waals surface area contributed by atoms with E-state index in [0.717, 1.165) is 16.7 Å². The van der Waals surface area contributed by atoms with Gasteiger partial charge in [-0.25, -0.2) is 9.79 Å². The Morgan fingerprint density at radius 1 is 1.07 bits per heavy atom. The Hall–Kier alpha value is -4.47. The number of carboxylic acid groups (broad SMARTS) is 1. The number of allylic oxidation sites excluding steroid dienone is 1. The normalized spacial score (nSPS) is 14.7. The van der Waals surface area contributed by atoms with E-state index in [1.54, 1.807) is 58.0 Å². The maximum absolute atomic E-state index is 13.9. The molecule has 0 spiro atoms. The summed E-state index contributed by atoms with van der Waals surface area (Å²) in [6.45, 7) is 6.97. The number of benzene rings is 3. The Kier molecular flexibility index (Phi) is 8.94. The number of carboxylic acids is 1. The van der Waals surface area contributed by atoms with E-state index in [0.29, 0.717) is 44.5 Å². The van der Waals surface area contributed by atoms with Crippen LogP contribution in [-0.4, -0.2) is 39.5 Å². The number of ether oxygens (including phenoxy) is 1. The number of hydrogen-bond acceptors (Lipinski definition) is 6. The Balaban J connectivity index is 1.48. The summed E-state index contributed by atoms with van der Waals surface area (Å²) in [7, 11) is 0. The van der Waals surface area contributed by atoms with Crippen LogP contribution in [0, 0.1) is 0 Å². The molecule has 0 saturated heterocycles. The van der Waals surface area contributed by atoms with Crippen LogP contribution < -0.4 is 19.6 Å². The number of carbonyl (C=O) groups is 2. The highest BCUT2D eigenvalue weighted by atomic mass is 35.5. The number of hydrogen-bond donors (Lipinski definition) is 1. The van der Waals surface area contributed by atoms with Gasteiger partial charge < -0.3 is 14.7 Å². The molecule has 43 heavy (non-hydrogen) atoms. The Labute approximate surface area is 257 Å². The minimum Gasteiger partial charge on any atom is -0.489 e. The number of aromatic nitrogens is 1. The van der Waals surface area contributed by atoms with Crippen molar-refractivity contribution < 1.29 is 19.4 Å². The van der Waals surface area contributed by atoms with Gasteiger partial charge in [-0.2, -0.15) is 0 Å². The summed E-state index contributed by atoms with van der Waals surface area (Å²) in [5.74, 6) is -0.527. The van der Waals surface area contributed by atoms with Crippen LogP contribution >= 0.6 is 22.9 Å². The van der Waals surface area contributed by atoms with E-state index in [2.05, 4.69) is 0 Å². The Morgan fingerprint density at radius 2 is 1.77 bits per heavy atom. The maximum atomic E-state index is 13.9. The fourth-order valence-electron chi connectivity index (χ4n) is 5.01. The van der Waals surface area contributed by atoms with Crippen molar-refractivity contribution in [1.82, 2.24) is 9.47 Å². The predicted octanol–water partition coefficient (Wildman–Crippen LogP) is 5.03. The fraction of sp³-hybridized carbons (Fsp3) is 0.212. The van der Waals surface area contributed by atoms with E-state index in [1.807, 2.05) is 45.0 Å². The van der Waals surface area contributed by atoms with Gasteiger partial charge >= 0.3 is 5.97 Å². The molecule has 3 aromatic carbocycles. The highest BCUT2D eigenvalue weighted by Crippen LogP contribution is 2.31. The van der Waals surface area contributed by atoms with Gasteiger partial charge in [-0.15, -0.1) is 0 Å². The summed E-state index contributed by atoms with van der Waals surface area (Å²) in [4.78, 5) is 45.8. The summed E-state index contributed by atoms with van der Waals surface area (Å²) < 4.78 is 7.93. The van der Waals surface area contributed by atoms with Gasteiger partial charge in [-0.05, 0) is 79.9 Å². The molecule has 10 heteroatoms. The molecule has 2 heterocycles. The second-order valence-corrected chi connectivity index (χ2v) is 11.4. The third-order valence-corrected chi connectivity index (χ3v) is 8.48. The number of thiazole rings is 1. The SMILES string of the molecule is CCN(CC)C(=O)C1=C(C)N=c2s/c(=C/c3ccc(OCc4cccc(C(=O)O)c4)cc3)c(=O)n2[C@H]1c1ccc(Cl)cc1. The number of fused-ring (bicyclic) bond motifs is 1. The number of halogens is 1. The van der Waals surface area contributed by atoms with Gasteiger partial charge in [0.2, 0.25) is 0 Å². The van der Waals surface area contributed by atoms with Crippen LogP contribution in [-0.2, 0) is 11.4 Å². The fourth-order valence-corrected chi connectivity index (χ4v) is 6.18. The zero-order valence-corrected chi connectivity index (χ0v) is 25.5. The minimum absolute atomic E-state index is 0.147. The molecule has 0 aliphatic carbocycles. The van der Waals surface area contributed by atoms with Crippen molar-refractivity contribution in [2.24, 2.45) is 4.99 Å². The number of aromatic carboxylic acids is 1. The van der Waals surface area contributed by atoms with Gasteiger partial charge in [-0.3, -0.25) is 14.2 Å². The standard InChI is InChI=1S/C33H30ClN3O5S/c1-4-36(5-2)31(39)28-20(3)35-33-37(29(28)23-11-13-25(34)14-12-23)30(38)27(43-33)18-21-9-15-26(16-10-21)42-19-22-7-6-8-24(17-22)32(40)41/h6-18,29H,4-5,19H2,1-3H3,(H,40,41)/b27-18+/t29-/m0/s1. The lowest BCUT2D eigenvalue weighted by Crippen LogP contribution is -2.43. The van der Waals surface area contributed by atoms with Crippen molar-refractivity contribution in [1.29, 1.82) is 0 Å². The molecular formula is C33H30ClN3O5S. The van der Waals surface area contributed by atoms with Crippen molar-refractivity contribution in [2.75, 3.05) is 13.1 Å². The van der Waals surface area contributed by atoms with Crippen LogP contribution in [0.1, 0.15) is 53.9 Å². The summed E-state index contributed by atoms with van der Waals surface area (Å²) in [6.07, 6.45) is 1.80. The van der Waals surface area contributed by atoms with Crippen LogP contribution in [0.5, 0.6) is 5.75 Å². The average molecular weight is 616 g/mol. The van der Waals surface area contributed by atoms with Gasteiger partial charge in [0.25, 0.3) is 11.5 Å². The van der Waals surface area contributed by atoms with E-state index in [4.69, 9.17) is 21.3 Å². The lowest BCUT2D eigenvalue weighted by Gasteiger charge is -2.29.